The molecule has 0 aliphatic heterocycles. The van der Waals surface area contributed by atoms with Crippen LogP contribution in [0, 0.1) is 0 Å². The third-order valence-corrected chi connectivity index (χ3v) is 4.26. The van der Waals surface area contributed by atoms with Crippen molar-refractivity contribution in [2.75, 3.05) is 5.32 Å². The highest BCUT2D eigenvalue weighted by Crippen LogP contribution is 2.39. The number of hydrogen-bond donors (Lipinski definition) is 2. The fourth-order valence-electron chi connectivity index (χ4n) is 2.50. The number of benzene rings is 1. The van der Waals surface area contributed by atoms with Crippen molar-refractivity contribution in [3.8, 4) is 5.69 Å². The maximum absolute atomic E-state index is 12.0. The van der Waals surface area contributed by atoms with Crippen LogP contribution in [0.3, 0.4) is 0 Å². The molecule has 8 nitrogen and oxygen atoms in total. The second kappa shape index (κ2) is 7.60. The van der Waals surface area contributed by atoms with Gasteiger partial charge < -0.3 is 10.4 Å². The van der Waals surface area contributed by atoms with Crippen LogP contribution >= 0.6 is 11.6 Å². The summed E-state index contributed by atoms with van der Waals surface area (Å²) in [6.45, 7) is 0. The first-order valence-electron chi connectivity index (χ1n) is 8.14. The first-order valence-corrected chi connectivity index (χ1v) is 8.52. The van der Waals surface area contributed by atoms with Gasteiger partial charge in [0.25, 0.3) is 0 Å². The molecule has 0 saturated heterocycles. The van der Waals surface area contributed by atoms with Crippen molar-refractivity contribution < 1.29 is 14.7 Å². The van der Waals surface area contributed by atoms with E-state index in [-0.39, 0.29) is 18.7 Å². The van der Waals surface area contributed by atoms with Gasteiger partial charge in [0, 0.05) is 24.4 Å². The van der Waals surface area contributed by atoms with Crippen molar-refractivity contribution in [3.63, 3.8) is 0 Å². The number of unbranched alkanes of at least 4 members (excludes halogenated alkanes) is 1. The minimum Gasteiger partial charge on any atom is -0.481 e. The summed E-state index contributed by atoms with van der Waals surface area (Å²) in [7, 11) is 0. The molecule has 132 valence electrons. The van der Waals surface area contributed by atoms with Crippen LogP contribution in [0.15, 0.2) is 18.2 Å². The van der Waals surface area contributed by atoms with Gasteiger partial charge in [0.1, 0.15) is 0 Å². The van der Waals surface area contributed by atoms with Gasteiger partial charge in [-0.15, -0.1) is 5.10 Å². The number of carbonyl (C=O) groups excluding carboxylic acids is 1. The average molecular weight is 364 g/mol. The number of nitrogens with zero attached hydrogens (tertiary/aromatic N) is 4. The summed E-state index contributed by atoms with van der Waals surface area (Å²) >= 11 is 6.27. The van der Waals surface area contributed by atoms with Crippen molar-refractivity contribution in [1.29, 1.82) is 0 Å². The Kier molecular flexibility index (Phi) is 5.28. The number of aromatic nitrogens is 4. The quantitative estimate of drug-likeness (QED) is 0.698. The largest absolute Gasteiger partial charge is 0.481 e. The standard InChI is InChI=1S/C16H18ClN5O3/c17-12-8-7-11(18-14(23)3-1-2-4-15(24)25)9-13(12)22-16(10-5-6-10)19-20-21-22/h7-10H,1-6H2,(H,18,23)(H,24,25). The molecule has 2 N–H and O–H groups in total. The van der Waals surface area contributed by atoms with Gasteiger partial charge in [-0.25, -0.2) is 0 Å². The second-order valence-electron chi connectivity index (χ2n) is 6.04. The van der Waals surface area contributed by atoms with Crippen LogP contribution in [0.1, 0.15) is 50.3 Å². The minimum atomic E-state index is -0.851. The zero-order valence-electron chi connectivity index (χ0n) is 13.5. The van der Waals surface area contributed by atoms with Crippen LogP contribution in [-0.2, 0) is 9.59 Å². The molecule has 0 atom stereocenters. The molecule has 1 amide bonds. The number of carbonyl (C=O) groups is 2. The van der Waals surface area contributed by atoms with Crippen LogP contribution in [-0.4, -0.2) is 37.2 Å². The number of anilines is 1. The van der Waals surface area contributed by atoms with E-state index in [1.807, 2.05) is 0 Å². The Labute approximate surface area is 149 Å². The van der Waals surface area contributed by atoms with Crippen molar-refractivity contribution in [2.45, 2.75) is 44.4 Å². The molecule has 1 aliphatic carbocycles. The van der Waals surface area contributed by atoms with Gasteiger partial charge in [0.05, 0.1) is 10.7 Å². The smallest absolute Gasteiger partial charge is 0.303 e. The predicted octanol–water partition coefficient (Wildman–Crippen LogP) is 2.78. The zero-order valence-corrected chi connectivity index (χ0v) is 14.2. The summed E-state index contributed by atoms with van der Waals surface area (Å²) in [4.78, 5) is 22.5. The Morgan fingerprint density at radius 2 is 2.04 bits per heavy atom. The fraction of sp³-hybridized carbons (Fsp3) is 0.438. The van der Waals surface area contributed by atoms with E-state index in [9.17, 15) is 9.59 Å². The fourth-order valence-corrected chi connectivity index (χ4v) is 2.70. The molecule has 1 fully saturated rings. The molecule has 25 heavy (non-hydrogen) atoms. The highest BCUT2D eigenvalue weighted by molar-refractivity contribution is 6.32. The van der Waals surface area contributed by atoms with E-state index in [2.05, 4.69) is 20.8 Å². The average Bonchev–Trinajstić information content (AvgIpc) is 3.30. The first-order chi connectivity index (χ1) is 12.0. The molecular formula is C16H18ClN5O3. The second-order valence-corrected chi connectivity index (χ2v) is 6.45. The number of aliphatic carboxylic acids is 1. The van der Waals surface area contributed by atoms with Gasteiger partial charge in [-0.3, -0.25) is 9.59 Å². The third kappa shape index (κ3) is 4.54. The van der Waals surface area contributed by atoms with E-state index in [0.717, 1.165) is 18.7 Å². The number of halogens is 1. The van der Waals surface area contributed by atoms with Crippen LogP contribution in [0.4, 0.5) is 5.69 Å². The topological polar surface area (TPSA) is 110 Å². The van der Waals surface area contributed by atoms with Gasteiger partial charge in [-0.05, 0) is 54.3 Å². The van der Waals surface area contributed by atoms with Crippen LogP contribution in [0.25, 0.3) is 5.69 Å². The Bertz CT molecular complexity index is 788. The van der Waals surface area contributed by atoms with Crippen LogP contribution < -0.4 is 5.32 Å². The maximum atomic E-state index is 12.0. The molecule has 0 spiro atoms. The van der Waals surface area contributed by atoms with Crippen LogP contribution in [0.5, 0.6) is 0 Å². The van der Waals surface area contributed by atoms with Crippen molar-refractivity contribution in [2.24, 2.45) is 0 Å². The lowest BCUT2D eigenvalue weighted by Crippen LogP contribution is -2.12. The highest BCUT2D eigenvalue weighted by atomic mass is 35.5. The molecule has 1 aromatic carbocycles. The SMILES string of the molecule is O=C(O)CCCCC(=O)Nc1ccc(Cl)c(-n2nnnc2C2CC2)c1. The van der Waals surface area contributed by atoms with Crippen molar-refractivity contribution in [3.05, 3.63) is 29.0 Å². The van der Waals surface area contributed by atoms with Gasteiger partial charge in [-0.1, -0.05) is 11.6 Å². The number of nitrogens with one attached hydrogen (secondary N) is 1. The van der Waals surface area contributed by atoms with Gasteiger partial charge in [0.15, 0.2) is 5.82 Å². The lowest BCUT2D eigenvalue weighted by Gasteiger charge is -2.10. The van der Waals surface area contributed by atoms with Crippen LogP contribution in [0.2, 0.25) is 5.02 Å². The number of hydrogen-bond acceptors (Lipinski definition) is 5. The Balaban J connectivity index is 1.66. The Morgan fingerprint density at radius 3 is 2.76 bits per heavy atom. The van der Waals surface area contributed by atoms with E-state index < -0.39 is 5.97 Å². The third-order valence-electron chi connectivity index (χ3n) is 3.94. The van der Waals surface area contributed by atoms with E-state index >= 15 is 0 Å². The van der Waals surface area contributed by atoms with Gasteiger partial charge >= 0.3 is 5.97 Å². The normalized spacial score (nSPS) is 13.6. The molecule has 1 aromatic heterocycles. The Hall–Kier alpha value is -2.48. The molecule has 1 saturated carbocycles. The summed E-state index contributed by atoms with van der Waals surface area (Å²) in [6.07, 6.45) is 3.46. The van der Waals surface area contributed by atoms with Crippen molar-refractivity contribution in [1.82, 2.24) is 20.2 Å². The lowest BCUT2D eigenvalue weighted by atomic mass is 10.2. The molecule has 9 heteroatoms. The number of rotatable bonds is 8. The van der Waals surface area contributed by atoms with Crippen molar-refractivity contribution >= 4 is 29.2 Å². The highest BCUT2D eigenvalue weighted by Gasteiger charge is 2.30. The molecule has 1 heterocycles. The van der Waals surface area contributed by atoms with E-state index in [4.69, 9.17) is 16.7 Å². The van der Waals surface area contributed by atoms with E-state index in [0.29, 0.717) is 35.2 Å². The summed E-state index contributed by atoms with van der Waals surface area (Å²) < 4.78 is 1.61. The van der Waals surface area contributed by atoms with Gasteiger partial charge in [-0.2, -0.15) is 4.68 Å². The first kappa shape index (κ1) is 17.3. The molecule has 2 aromatic rings. The van der Waals surface area contributed by atoms with E-state index in [1.165, 1.54) is 0 Å². The summed E-state index contributed by atoms with van der Waals surface area (Å²) in [5.74, 6) is 0.117. The Morgan fingerprint density at radius 1 is 1.28 bits per heavy atom. The predicted molar refractivity (Wildman–Crippen MR) is 90.9 cm³/mol. The number of tetrazole rings is 1. The summed E-state index contributed by atoms with van der Waals surface area (Å²) in [5, 5.41) is 23.7. The summed E-state index contributed by atoms with van der Waals surface area (Å²) in [5.41, 5.74) is 1.22. The lowest BCUT2D eigenvalue weighted by molar-refractivity contribution is -0.137. The van der Waals surface area contributed by atoms with Gasteiger partial charge in [0.2, 0.25) is 5.91 Å². The number of carboxylic acid groups (broad SMARTS) is 1. The zero-order chi connectivity index (χ0) is 17.8. The molecule has 1 aliphatic rings. The molecule has 0 bridgehead atoms. The number of amides is 1. The monoisotopic (exact) mass is 363 g/mol. The molecular weight excluding hydrogens is 346 g/mol. The maximum Gasteiger partial charge on any atom is 0.303 e. The molecule has 0 radical (unpaired) electrons. The summed E-state index contributed by atoms with van der Waals surface area (Å²) in [6, 6.07) is 5.14. The number of carboxylic acids is 1. The minimum absolute atomic E-state index is 0.0710. The molecule has 3 rings (SSSR count). The molecule has 0 unspecified atom stereocenters. The van der Waals surface area contributed by atoms with E-state index in [1.54, 1.807) is 22.9 Å².